The quantitative estimate of drug-likeness (QED) is 0.248. The van der Waals surface area contributed by atoms with Crippen molar-refractivity contribution in [1.82, 2.24) is 14.8 Å². The number of para-hydroxylation sites is 1. The first-order valence-electron chi connectivity index (χ1n) is 12.9. The van der Waals surface area contributed by atoms with Gasteiger partial charge in [0, 0.05) is 30.6 Å². The third-order valence-electron chi connectivity index (χ3n) is 6.15. The van der Waals surface area contributed by atoms with Gasteiger partial charge in [0.15, 0.2) is 5.78 Å². The maximum absolute atomic E-state index is 13.0. The number of ketones is 1. The summed E-state index contributed by atoms with van der Waals surface area (Å²) in [7, 11) is 0. The number of Topliss-reactive ketones (excluding diaryl/α,β-unsaturated/α-hetero) is 1. The molecule has 1 aromatic carbocycles. The van der Waals surface area contributed by atoms with E-state index in [1.807, 2.05) is 79.0 Å². The Hall–Kier alpha value is -3.51. The monoisotopic (exact) mass is 485 g/mol. The van der Waals surface area contributed by atoms with Gasteiger partial charge in [-0.25, -0.2) is 0 Å². The van der Waals surface area contributed by atoms with Crippen molar-refractivity contribution in [1.29, 1.82) is 0 Å². The molecule has 1 aliphatic rings. The number of allylic oxidation sites excluding steroid dienone is 4. The average molecular weight is 486 g/mol. The summed E-state index contributed by atoms with van der Waals surface area (Å²) in [6.07, 6.45) is 15.9. The molecule has 1 unspecified atom stereocenters. The second-order valence-corrected chi connectivity index (χ2v) is 9.13. The maximum atomic E-state index is 13.0. The highest BCUT2D eigenvalue weighted by Crippen LogP contribution is 2.25. The molecule has 2 aromatic rings. The standard InChI is InChI=1S/C30H39N5O/c1-3-4-6-17-30-34(23-27-15-10-12-21-32-27)24-29(36)19-18-28(16-9-11-20-31)35(30)22-25(2)33-26-13-7-5-8-14-26/h5,7-16,18,20-21,30H,3-4,6,17,19,22-24,31H2,1-2H3/b16-9-,20-11-,28-18?,33-25?. The minimum Gasteiger partial charge on any atom is -0.405 e. The van der Waals surface area contributed by atoms with E-state index in [2.05, 4.69) is 28.6 Å². The predicted molar refractivity (Wildman–Crippen MR) is 149 cm³/mol. The number of benzene rings is 1. The molecule has 6 nitrogen and oxygen atoms in total. The number of aromatic nitrogens is 1. The highest BCUT2D eigenvalue weighted by molar-refractivity contribution is 5.87. The summed E-state index contributed by atoms with van der Waals surface area (Å²) in [5, 5.41) is 0. The lowest BCUT2D eigenvalue weighted by molar-refractivity contribution is -0.121. The Bertz CT molecular complexity index is 1060. The van der Waals surface area contributed by atoms with Crippen LogP contribution in [0.4, 0.5) is 5.69 Å². The molecule has 36 heavy (non-hydrogen) atoms. The molecule has 0 saturated carbocycles. The van der Waals surface area contributed by atoms with E-state index in [1.165, 1.54) is 6.20 Å². The number of carbonyl (C=O) groups is 1. The van der Waals surface area contributed by atoms with Crippen molar-refractivity contribution >= 4 is 17.2 Å². The van der Waals surface area contributed by atoms with Crippen LogP contribution in [-0.2, 0) is 11.3 Å². The van der Waals surface area contributed by atoms with Gasteiger partial charge >= 0.3 is 0 Å². The molecule has 2 N–H and O–H groups in total. The lowest BCUT2D eigenvalue weighted by Crippen LogP contribution is -2.51. The van der Waals surface area contributed by atoms with E-state index in [0.717, 1.165) is 48.5 Å². The summed E-state index contributed by atoms with van der Waals surface area (Å²) in [5.41, 5.74) is 9.52. The van der Waals surface area contributed by atoms with Gasteiger partial charge in [-0.2, -0.15) is 0 Å². The fourth-order valence-corrected chi connectivity index (χ4v) is 4.46. The molecule has 0 aliphatic carbocycles. The number of aliphatic imine (C=N–C) groups is 1. The molecule has 1 aliphatic heterocycles. The summed E-state index contributed by atoms with van der Waals surface area (Å²) in [5.74, 6) is 0.209. The molecule has 1 aromatic heterocycles. The topological polar surface area (TPSA) is 74.8 Å². The van der Waals surface area contributed by atoms with Crippen LogP contribution < -0.4 is 5.73 Å². The van der Waals surface area contributed by atoms with Crippen LogP contribution in [0.2, 0.25) is 0 Å². The SMILES string of the molecule is CCCCCC1N(Cc2ccccn2)CC(=O)CC=C(/C=C\C=C/N)N1CC(C)=Nc1ccccc1. The Kier molecular flexibility index (Phi) is 11.1. The number of nitrogens with zero attached hydrogens (tertiary/aromatic N) is 4. The fourth-order valence-electron chi connectivity index (χ4n) is 4.46. The average Bonchev–Trinajstić information content (AvgIpc) is 2.88. The molecule has 0 amide bonds. The van der Waals surface area contributed by atoms with E-state index < -0.39 is 0 Å². The van der Waals surface area contributed by atoms with Crippen LogP contribution in [0, 0.1) is 0 Å². The Labute approximate surface area is 215 Å². The number of nitrogens with two attached hydrogens (primary N) is 1. The largest absolute Gasteiger partial charge is 0.405 e. The third-order valence-corrected chi connectivity index (χ3v) is 6.15. The van der Waals surface area contributed by atoms with E-state index in [4.69, 9.17) is 10.7 Å². The van der Waals surface area contributed by atoms with Gasteiger partial charge in [0.1, 0.15) is 0 Å². The van der Waals surface area contributed by atoms with Crippen molar-refractivity contribution in [3.05, 3.63) is 96.6 Å². The smallest absolute Gasteiger partial charge is 0.150 e. The molecule has 0 bridgehead atoms. The number of hydrogen-bond acceptors (Lipinski definition) is 6. The van der Waals surface area contributed by atoms with Crippen LogP contribution in [0.1, 0.15) is 51.6 Å². The number of carbonyl (C=O) groups excluding carboxylic acids is 1. The van der Waals surface area contributed by atoms with Gasteiger partial charge in [-0.3, -0.25) is 19.7 Å². The van der Waals surface area contributed by atoms with Crippen LogP contribution in [0.15, 0.2) is 95.9 Å². The first kappa shape index (κ1) is 27.1. The van der Waals surface area contributed by atoms with Gasteiger partial charge in [-0.15, -0.1) is 0 Å². The lowest BCUT2D eigenvalue weighted by Gasteiger charge is -2.42. The fraction of sp³-hybridized carbons (Fsp3) is 0.367. The summed E-state index contributed by atoms with van der Waals surface area (Å²) in [4.78, 5) is 27.1. The van der Waals surface area contributed by atoms with Crippen LogP contribution in [-0.4, -0.2) is 45.5 Å². The zero-order valence-corrected chi connectivity index (χ0v) is 21.6. The summed E-state index contributed by atoms with van der Waals surface area (Å²) in [6, 6.07) is 16.0. The van der Waals surface area contributed by atoms with Crippen LogP contribution >= 0.6 is 0 Å². The number of hydrogen-bond donors (Lipinski definition) is 1. The van der Waals surface area contributed by atoms with Gasteiger partial charge in [0.2, 0.25) is 0 Å². The summed E-state index contributed by atoms with van der Waals surface area (Å²) >= 11 is 0. The third kappa shape index (κ3) is 8.61. The van der Waals surface area contributed by atoms with Gasteiger partial charge in [0.25, 0.3) is 0 Å². The molecule has 2 heterocycles. The lowest BCUT2D eigenvalue weighted by atomic mass is 10.1. The molecule has 0 spiro atoms. The summed E-state index contributed by atoms with van der Waals surface area (Å²) in [6.45, 7) is 5.96. The van der Waals surface area contributed by atoms with Crippen LogP contribution in [0.5, 0.6) is 0 Å². The Balaban J connectivity index is 2.02. The molecular formula is C30H39N5O. The Morgan fingerprint density at radius 1 is 1.14 bits per heavy atom. The van der Waals surface area contributed by atoms with E-state index in [0.29, 0.717) is 26.1 Å². The first-order valence-corrected chi connectivity index (χ1v) is 12.9. The zero-order chi connectivity index (χ0) is 25.6. The second-order valence-electron chi connectivity index (χ2n) is 9.13. The van der Waals surface area contributed by atoms with Crippen molar-refractivity contribution in [3.8, 4) is 0 Å². The van der Waals surface area contributed by atoms with Crippen LogP contribution in [0.25, 0.3) is 0 Å². The van der Waals surface area contributed by atoms with Gasteiger partial charge < -0.3 is 10.6 Å². The van der Waals surface area contributed by atoms with Crippen LogP contribution in [0.3, 0.4) is 0 Å². The van der Waals surface area contributed by atoms with Gasteiger partial charge in [0.05, 0.1) is 30.6 Å². The predicted octanol–water partition coefficient (Wildman–Crippen LogP) is 5.77. The van der Waals surface area contributed by atoms with Crippen molar-refractivity contribution in [2.45, 2.75) is 58.7 Å². The maximum Gasteiger partial charge on any atom is 0.150 e. The molecule has 3 rings (SSSR count). The normalized spacial score (nSPS) is 18.0. The van der Waals surface area contributed by atoms with Crippen molar-refractivity contribution in [2.75, 3.05) is 13.1 Å². The zero-order valence-electron chi connectivity index (χ0n) is 21.6. The van der Waals surface area contributed by atoms with Gasteiger partial charge in [-0.1, -0.05) is 62.6 Å². The number of rotatable bonds is 11. The van der Waals surface area contributed by atoms with Crippen molar-refractivity contribution in [3.63, 3.8) is 0 Å². The number of unbranched alkanes of at least 4 members (excludes halogenated alkanes) is 2. The molecule has 1 atom stereocenters. The van der Waals surface area contributed by atoms with Crippen molar-refractivity contribution in [2.24, 2.45) is 10.7 Å². The van der Waals surface area contributed by atoms with E-state index in [9.17, 15) is 4.79 Å². The Morgan fingerprint density at radius 2 is 1.94 bits per heavy atom. The first-order chi connectivity index (χ1) is 17.6. The molecule has 190 valence electrons. The Morgan fingerprint density at radius 3 is 2.67 bits per heavy atom. The van der Waals surface area contributed by atoms with Crippen molar-refractivity contribution < 1.29 is 4.79 Å². The molecule has 0 saturated heterocycles. The van der Waals surface area contributed by atoms with E-state index >= 15 is 0 Å². The highest BCUT2D eigenvalue weighted by Gasteiger charge is 2.30. The second kappa shape index (κ2) is 14.8. The highest BCUT2D eigenvalue weighted by atomic mass is 16.1. The molecular weight excluding hydrogens is 446 g/mol. The molecule has 0 radical (unpaired) electrons. The van der Waals surface area contributed by atoms with E-state index in [1.54, 1.807) is 0 Å². The van der Waals surface area contributed by atoms with Gasteiger partial charge in [-0.05, 0) is 56.0 Å². The molecule has 6 heteroatoms. The minimum absolute atomic E-state index is 0.0292. The summed E-state index contributed by atoms with van der Waals surface area (Å²) < 4.78 is 0. The minimum atomic E-state index is 0.0292. The number of pyridine rings is 1. The molecule has 0 fully saturated rings. The van der Waals surface area contributed by atoms with E-state index in [-0.39, 0.29) is 11.9 Å².